The number of nitrogens with one attached hydrogen (secondary N) is 1. The average Bonchev–Trinajstić information content (AvgIpc) is 3.05. The highest BCUT2D eigenvalue weighted by Crippen LogP contribution is 2.21. The number of nitrogens with two attached hydrogens (primary N) is 1. The number of hydrogen-bond donors (Lipinski definition) is 2. The maximum atomic E-state index is 12.5. The summed E-state index contributed by atoms with van der Waals surface area (Å²) in [6.45, 7) is 3.14. The van der Waals surface area contributed by atoms with Crippen LogP contribution < -0.4 is 10.5 Å². The molecule has 0 saturated carbocycles. The van der Waals surface area contributed by atoms with Crippen molar-refractivity contribution in [1.82, 2.24) is 14.1 Å². The van der Waals surface area contributed by atoms with Crippen LogP contribution in [0.2, 0.25) is 0 Å². The quantitative estimate of drug-likeness (QED) is 0.835. The molecule has 0 radical (unpaired) electrons. The molecule has 1 aromatic carbocycles. The van der Waals surface area contributed by atoms with E-state index in [2.05, 4.69) is 16.7 Å². The van der Waals surface area contributed by atoms with Crippen LogP contribution in [0.4, 0.5) is 5.69 Å². The number of carbonyl (C=O) groups is 1. The van der Waals surface area contributed by atoms with E-state index in [4.69, 9.17) is 5.73 Å². The van der Waals surface area contributed by atoms with Crippen molar-refractivity contribution >= 4 is 21.8 Å². The van der Waals surface area contributed by atoms with Gasteiger partial charge in [0.1, 0.15) is 5.69 Å². The van der Waals surface area contributed by atoms with Crippen molar-refractivity contribution < 1.29 is 13.2 Å². The lowest BCUT2D eigenvalue weighted by Gasteiger charge is -2.30. The van der Waals surface area contributed by atoms with Gasteiger partial charge in [0.2, 0.25) is 0 Å². The molecule has 1 fully saturated rings. The first-order valence-corrected chi connectivity index (χ1v) is 9.53. The van der Waals surface area contributed by atoms with Crippen molar-refractivity contribution in [3.63, 3.8) is 0 Å². The molecule has 8 nitrogen and oxygen atoms in total. The Morgan fingerprint density at radius 3 is 2.60 bits per heavy atom. The second kappa shape index (κ2) is 6.85. The maximum absolute atomic E-state index is 12.5. The minimum atomic E-state index is -3.55. The van der Waals surface area contributed by atoms with E-state index in [1.807, 2.05) is 0 Å². The van der Waals surface area contributed by atoms with E-state index < -0.39 is 16.1 Å². The minimum Gasteiger partial charge on any atom is -0.364 e. The van der Waals surface area contributed by atoms with Gasteiger partial charge < -0.3 is 5.73 Å². The molecule has 3 N–H and O–H groups in total. The van der Waals surface area contributed by atoms with Crippen molar-refractivity contribution in [1.29, 1.82) is 0 Å². The molecule has 25 heavy (non-hydrogen) atoms. The number of aromatic nitrogens is 2. The fourth-order valence-corrected chi connectivity index (χ4v) is 4.24. The molecule has 134 valence electrons. The van der Waals surface area contributed by atoms with Crippen LogP contribution in [-0.4, -0.2) is 41.5 Å². The van der Waals surface area contributed by atoms with Crippen LogP contribution in [0.1, 0.15) is 30.3 Å². The lowest BCUT2D eigenvalue weighted by Crippen LogP contribution is -2.42. The summed E-state index contributed by atoms with van der Waals surface area (Å²) in [7, 11) is -3.55. The summed E-state index contributed by atoms with van der Waals surface area (Å²) in [5.41, 5.74) is 6.53. The summed E-state index contributed by atoms with van der Waals surface area (Å²) in [5.74, 6) is -0.231. The molecule has 1 saturated heterocycles. The highest BCUT2D eigenvalue weighted by atomic mass is 32.2. The largest absolute Gasteiger partial charge is 0.364 e. The maximum Gasteiger partial charge on any atom is 0.301 e. The van der Waals surface area contributed by atoms with Gasteiger partial charge in [0.15, 0.2) is 0 Å². The van der Waals surface area contributed by atoms with Crippen LogP contribution in [0.3, 0.4) is 0 Å². The number of benzene rings is 1. The molecular formula is C16H21N5O3S. The van der Waals surface area contributed by atoms with E-state index in [9.17, 15) is 13.2 Å². The third-order valence-corrected chi connectivity index (χ3v) is 5.69. The lowest BCUT2D eigenvalue weighted by molar-refractivity contribution is 0.0995. The van der Waals surface area contributed by atoms with Crippen molar-refractivity contribution in [2.45, 2.75) is 19.8 Å². The Morgan fingerprint density at radius 2 is 2.00 bits per heavy atom. The number of anilines is 1. The summed E-state index contributed by atoms with van der Waals surface area (Å²) >= 11 is 0. The molecule has 1 aromatic heterocycles. The van der Waals surface area contributed by atoms with Crippen LogP contribution in [0.15, 0.2) is 36.5 Å². The molecule has 1 unspecified atom stereocenters. The highest BCUT2D eigenvalue weighted by molar-refractivity contribution is 7.90. The number of nitrogens with zero attached hydrogens (tertiary/aromatic N) is 3. The zero-order chi connectivity index (χ0) is 18.0. The number of amides is 1. The van der Waals surface area contributed by atoms with Crippen molar-refractivity contribution in [3.05, 3.63) is 42.2 Å². The minimum absolute atomic E-state index is 0.170. The highest BCUT2D eigenvalue weighted by Gasteiger charge is 2.26. The summed E-state index contributed by atoms with van der Waals surface area (Å²) < 4.78 is 30.6. The molecule has 1 atom stereocenters. The van der Waals surface area contributed by atoms with Crippen molar-refractivity contribution in [2.75, 3.05) is 17.8 Å². The Bertz CT molecular complexity index is 860. The lowest BCUT2D eigenvalue weighted by atomic mass is 10.0. The fraction of sp³-hybridized carbons (Fsp3) is 0.375. The molecular weight excluding hydrogens is 342 g/mol. The fourth-order valence-electron chi connectivity index (χ4n) is 2.86. The van der Waals surface area contributed by atoms with Crippen molar-refractivity contribution in [2.24, 2.45) is 11.7 Å². The number of hydrogen-bond acceptors (Lipinski definition) is 4. The van der Waals surface area contributed by atoms with Gasteiger partial charge in [0.05, 0.1) is 5.69 Å². The van der Waals surface area contributed by atoms with Gasteiger partial charge in [0, 0.05) is 25.0 Å². The van der Waals surface area contributed by atoms with Crippen LogP contribution in [-0.2, 0) is 10.2 Å². The number of primary amides is 1. The van der Waals surface area contributed by atoms with Gasteiger partial charge in [-0.25, -0.2) is 4.68 Å². The zero-order valence-electron chi connectivity index (χ0n) is 13.9. The monoisotopic (exact) mass is 363 g/mol. The SMILES string of the molecule is CC1CCCN(S(=O)(=O)Nc2ccc(-n3ccc(C(N)=O)n3)cc2)C1. The molecule has 0 spiro atoms. The van der Waals surface area contributed by atoms with E-state index in [0.29, 0.717) is 30.4 Å². The molecule has 1 aliphatic rings. The number of carbonyl (C=O) groups excluding carboxylic acids is 1. The van der Waals surface area contributed by atoms with Gasteiger partial charge in [0.25, 0.3) is 5.91 Å². The van der Waals surface area contributed by atoms with Gasteiger partial charge in [-0.15, -0.1) is 0 Å². The first-order valence-electron chi connectivity index (χ1n) is 8.09. The summed E-state index contributed by atoms with van der Waals surface area (Å²) in [4.78, 5) is 11.1. The normalized spacial score (nSPS) is 18.8. The number of piperidine rings is 1. The van der Waals surface area contributed by atoms with E-state index in [-0.39, 0.29) is 5.69 Å². The molecule has 3 rings (SSSR count). The Kier molecular flexibility index (Phi) is 4.78. The van der Waals surface area contributed by atoms with E-state index in [1.54, 1.807) is 30.5 Å². The summed E-state index contributed by atoms with van der Waals surface area (Å²) in [6.07, 6.45) is 3.55. The Hall–Kier alpha value is -2.39. The first kappa shape index (κ1) is 17.4. The first-order chi connectivity index (χ1) is 11.8. The van der Waals surface area contributed by atoms with Crippen molar-refractivity contribution in [3.8, 4) is 5.69 Å². The van der Waals surface area contributed by atoms with Crippen LogP contribution in [0, 0.1) is 5.92 Å². The smallest absolute Gasteiger partial charge is 0.301 e. The number of rotatable bonds is 5. The molecule has 2 heterocycles. The van der Waals surface area contributed by atoms with Gasteiger partial charge >= 0.3 is 10.2 Å². The standard InChI is InChI=1S/C16H21N5O3S/c1-12-3-2-9-20(11-12)25(23,24)19-13-4-6-14(7-5-13)21-10-8-15(18-21)16(17)22/h4-8,10,12,19H,2-3,9,11H2,1H3,(H2,17,22). The predicted molar refractivity (Wildman–Crippen MR) is 94.6 cm³/mol. The molecule has 1 amide bonds. The zero-order valence-corrected chi connectivity index (χ0v) is 14.7. The van der Waals surface area contributed by atoms with E-state index in [0.717, 1.165) is 12.8 Å². The van der Waals surface area contributed by atoms with Gasteiger partial charge in [-0.3, -0.25) is 9.52 Å². The Labute approximate surface area is 146 Å². The Morgan fingerprint density at radius 1 is 1.28 bits per heavy atom. The van der Waals surface area contributed by atoms with Crippen LogP contribution in [0.5, 0.6) is 0 Å². The summed E-state index contributed by atoms with van der Waals surface area (Å²) in [6, 6.07) is 8.27. The second-order valence-electron chi connectivity index (χ2n) is 6.27. The Balaban J connectivity index is 1.72. The molecule has 1 aliphatic heterocycles. The van der Waals surface area contributed by atoms with E-state index in [1.165, 1.54) is 15.1 Å². The third kappa shape index (κ3) is 3.99. The molecule has 9 heteroatoms. The average molecular weight is 363 g/mol. The van der Waals surface area contributed by atoms with Gasteiger partial charge in [-0.1, -0.05) is 6.92 Å². The second-order valence-corrected chi connectivity index (χ2v) is 7.94. The third-order valence-electron chi connectivity index (χ3n) is 4.18. The molecule has 0 bridgehead atoms. The van der Waals surface area contributed by atoms with Crippen LogP contribution in [0.25, 0.3) is 5.69 Å². The topological polar surface area (TPSA) is 110 Å². The van der Waals surface area contributed by atoms with Gasteiger partial charge in [-0.2, -0.15) is 17.8 Å². The molecule has 0 aliphatic carbocycles. The summed E-state index contributed by atoms with van der Waals surface area (Å²) in [5, 5.41) is 4.06. The van der Waals surface area contributed by atoms with Crippen LogP contribution >= 0.6 is 0 Å². The van der Waals surface area contributed by atoms with E-state index >= 15 is 0 Å². The van der Waals surface area contributed by atoms with Gasteiger partial charge in [-0.05, 0) is 49.1 Å². The molecule has 2 aromatic rings. The predicted octanol–water partition coefficient (Wildman–Crippen LogP) is 1.36.